The number of rotatable bonds is 7. The summed E-state index contributed by atoms with van der Waals surface area (Å²) in [5.41, 5.74) is 1.78. The molecule has 5 heteroatoms. The number of fused-ring (bicyclic) bond motifs is 3. The molecule has 5 aliphatic rings. The van der Waals surface area contributed by atoms with E-state index in [4.69, 9.17) is 14.2 Å². The molecule has 5 rings (SSSR count). The molecule has 0 aromatic rings. The lowest BCUT2D eigenvalue weighted by Crippen LogP contribution is -2.70. The predicted octanol–water partition coefficient (Wildman–Crippen LogP) is 7.55. The highest BCUT2D eigenvalue weighted by Crippen LogP contribution is 2.75. The molecule has 3 saturated carbocycles. The maximum absolute atomic E-state index is 13.3. The lowest BCUT2D eigenvalue weighted by atomic mass is 9.34. The Morgan fingerprint density at radius 1 is 1.12 bits per heavy atom. The van der Waals surface area contributed by atoms with Crippen LogP contribution in [0.4, 0.5) is 0 Å². The Kier molecular flexibility index (Phi) is 7.53. The summed E-state index contributed by atoms with van der Waals surface area (Å²) in [7, 11) is 1.84. The Morgan fingerprint density at radius 3 is 2.42 bits per heavy atom. The van der Waals surface area contributed by atoms with Crippen LogP contribution in [-0.2, 0) is 19.0 Å². The lowest BCUT2D eigenvalue weighted by Gasteiger charge is -2.71. The van der Waals surface area contributed by atoms with Crippen molar-refractivity contribution in [1.29, 1.82) is 0 Å². The predicted molar refractivity (Wildman–Crippen MR) is 159 cm³/mol. The average Bonchev–Trinajstić information content (AvgIpc) is 2.87. The fourth-order valence-corrected chi connectivity index (χ4v) is 11.3. The number of carboxylic acids is 1. The van der Waals surface area contributed by atoms with E-state index in [-0.39, 0.29) is 45.2 Å². The maximum Gasteiger partial charge on any atom is 0.307 e. The number of allylic oxidation sites excluding steroid dienone is 1. The van der Waals surface area contributed by atoms with Crippen LogP contribution in [0, 0.1) is 56.7 Å². The molecule has 5 nitrogen and oxygen atoms in total. The van der Waals surface area contributed by atoms with Crippen LogP contribution in [0.3, 0.4) is 0 Å². The smallest absolute Gasteiger partial charge is 0.307 e. The second-order valence-corrected chi connectivity index (χ2v) is 16.0. The third-order valence-corrected chi connectivity index (χ3v) is 13.9. The Balaban J connectivity index is 1.58. The molecule has 1 N–H and O–H groups in total. The summed E-state index contributed by atoms with van der Waals surface area (Å²) < 4.78 is 19.3. The van der Waals surface area contributed by atoms with Gasteiger partial charge in [-0.1, -0.05) is 72.3 Å². The van der Waals surface area contributed by atoms with E-state index in [1.165, 1.54) is 0 Å². The zero-order valence-electron chi connectivity index (χ0n) is 26.8. The second kappa shape index (κ2) is 9.95. The highest BCUT2D eigenvalue weighted by molar-refractivity contribution is 5.73. The summed E-state index contributed by atoms with van der Waals surface area (Å²) in [6, 6.07) is 0. The van der Waals surface area contributed by atoms with Crippen molar-refractivity contribution in [2.45, 2.75) is 106 Å². The van der Waals surface area contributed by atoms with Crippen LogP contribution in [0.2, 0.25) is 0 Å². The van der Waals surface area contributed by atoms with Gasteiger partial charge in [0.2, 0.25) is 0 Å². The van der Waals surface area contributed by atoms with E-state index in [1.807, 2.05) is 14.0 Å². The van der Waals surface area contributed by atoms with Crippen molar-refractivity contribution >= 4 is 5.97 Å². The van der Waals surface area contributed by atoms with Crippen LogP contribution >= 0.6 is 0 Å². The molecule has 0 aromatic carbocycles. The van der Waals surface area contributed by atoms with Crippen molar-refractivity contribution < 1.29 is 24.1 Å². The van der Waals surface area contributed by atoms with Crippen LogP contribution in [0.15, 0.2) is 23.8 Å². The van der Waals surface area contributed by atoms with Gasteiger partial charge in [-0.3, -0.25) is 4.79 Å². The van der Waals surface area contributed by atoms with E-state index in [1.54, 1.807) is 5.57 Å². The van der Waals surface area contributed by atoms with E-state index in [9.17, 15) is 9.90 Å². The van der Waals surface area contributed by atoms with Gasteiger partial charge in [-0.05, 0) is 85.4 Å². The van der Waals surface area contributed by atoms with Crippen molar-refractivity contribution in [1.82, 2.24) is 0 Å². The zero-order valence-corrected chi connectivity index (χ0v) is 26.8. The molecule has 0 spiro atoms. The zero-order chi connectivity index (χ0) is 29.5. The molecular weight excluding hydrogens is 500 g/mol. The van der Waals surface area contributed by atoms with Gasteiger partial charge in [0, 0.05) is 17.9 Å². The fraction of sp³-hybridized carbons (Fsp3) is 0.857. The molecule has 1 aliphatic heterocycles. The van der Waals surface area contributed by atoms with Gasteiger partial charge in [0.1, 0.15) is 0 Å². The summed E-state index contributed by atoms with van der Waals surface area (Å²) in [5, 5.41) is 10.9. The van der Waals surface area contributed by atoms with Crippen LogP contribution in [0.1, 0.15) is 93.9 Å². The summed E-state index contributed by atoms with van der Waals surface area (Å²) in [6.07, 6.45) is 8.52. The average molecular weight is 557 g/mol. The van der Waals surface area contributed by atoms with Crippen molar-refractivity contribution in [3.63, 3.8) is 0 Å². The van der Waals surface area contributed by atoms with Gasteiger partial charge in [-0.15, -0.1) is 0 Å². The minimum absolute atomic E-state index is 0.00132. The van der Waals surface area contributed by atoms with Gasteiger partial charge >= 0.3 is 5.97 Å². The third-order valence-electron chi connectivity index (χ3n) is 13.9. The SMILES string of the molecule is C=C(C)CO[C@H]1[C@H](OC)C[C@]23COC[C@@]1(C)[C@@H]2CC[C@H]1C3=CC[C@@]2(C)[C@H](C(=O)O)[C@@](C)([C@H](C)C(C)C)CC[C@]12C. The highest BCUT2D eigenvalue weighted by Gasteiger charge is 2.71. The highest BCUT2D eigenvalue weighted by atomic mass is 16.5. The van der Waals surface area contributed by atoms with E-state index < -0.39 is 5.97 Å². The van der Waals surface area contributed by atoms with Gasteiger partial charge in [0.05, 0.1) is 37.9 Å². The molecule has 40 heavy (non-hydrogen) atoms. The van der Waals surface area contributed by atoms with Crippen LogP contribution < -0.4 is 0 Å². The number of aliphatic carboxylic acids is 1. The normalized spacial score (nSPS) is 48.9. The van der Waals surface area contributed by atoms with Gasteiger partial charge in [-0.25, -0.2) is 0 Å². The molecule has 226 valence electrons. The molecule has 0 radical (unpaired) electrons. The van der Waals surface area contributed by atoms with E-state index in [0.29, 0.717) is 36.9 Å². The van der Waals surface area contributed by atoms with Crippen molar-refractivity contribution in [3.8, 4) is 0 Å². The van der Waals surface area contributed by atoms with Gasteiger partial charge in [0.25, 0.3) is 0 Å². The number of ether oxygens (including phenoxy) is 3. The first-order chi connectivity index (χ1) is 18.6. The van der Waals surface area contributed by atoms with Crippen molar-refractivity contribution in [2.75, 3.05) is 26.9 Å². The molecule has 0 amide bonds. The molecule has 0 aromatic heterocycles. The molecule has 1 saturated heterocycles. The molecule has 1 heterocycles. The standard InChI is InChI=1S/C35H56O5/c1-21(2)18-40-29-26(38-10)17-35-20-39-19-32(29,7)27(35)12-11-24-25(35)13-14-34(9)28(30(36)37)31(6,23(5)22(3)4)15-16-33(24,34)8/h13,22-24,26-29H,1,11-12,14-20H2,2-10H3,(H,36,37)/t23-,24+,26-,27+,28-,29+,31-,32+,33-,34+,35-/m1/s1. The Morgan fingerprint density at radius 2 is 1.82 bits per heavy atom. The second-order valence-electron chi connectivity index (χ2n) is 16.0. The van der Waals surface area contributed by atoms with Crippen LogP contribution in [-0.4, -0.2) is 50.2 Å². The van der Waals surface area contributed by atoms with E-state index in [2.05, 4.69) is 61.1 Å². The summed E-state index contributed by atoms with van der Waals surface area (Å²) in [4.78, 5) is 13.3. The molecule has 0 unspecified atom stereocenters. The van der Waals surface area contributed by atoms with Crippen molar-refractivity contribution in [2.24, 2.45) is 56.7 Å². The quantitative estimate of drug-likeness (QED) is 0.328. The van der Waals surface area contributed by atoms with Gasteiger partial charge in [0.15, 0.2) is 0 Å². The Labute approximate surface area is 243 Å². The van der Waals surface area contributed by atoms with Crippen LogP contribution in [0.5, 0.6) is 0 Å². The monoisotopic (exact) mass is 556 g/mol. The first-order valence-electron chi connectivity index (χ1n) is 15.9. The first kappa shape index (κ1) is 30.3. The maximum atomic E-state index is 13.3. The third kappa shape index (κ3) is 3.92. The Bertz CT molecular complexity index is 1060. The lowest BCUT2D eigenvalue weighted by molar-refractivity contribution is -0.265. The molecular formula is C35H56O5. The van der Waals surface area contributed by atoms with Gasteiger partial charge in [-0.2, -0.15) is 0 Å². The number of hydrogen-bond acceptors (Lipinski definition) is 4. The molecule has 2 bridgehead atoms. The van der Waals surface area contributed by atoms with E-state index >= 15 is 0 Å². The summed E-state index contributed by atoms with van der Waals surface area (Å²) >= 11 is 0. The number of carboxylic acid groups (broad SMARTS) is 1. The topological polar surface area (TPSA) is 65.0 Å². The number of methoxy groups -OCH3 is 1. The molecule has 4 fully saturated rings. The van der Waals surface area contributed by atoms with Crippen molar-refractivity contribution in [3.05, 3.63) is 23.8 Å². The van der Waals surface area contributed by atoms with Crippen LogP contribution in [0.25, 0.3) is 0 Å². The van der Waals surface area contributed by atoms with Gasteiger partial charge < -0.3 is 19.3 Å². The minimum atomic E-state index is -0.602. The molecule has 11 atom stereocenters. The summed E-state index contributed by atoms with van der Waals surface area (Å²) in [5.74, 6) is 0.675. The first-order valence-corrected chi connectivity index (χ1v) is 15.9. The van der Waals surface area contributed by atoms with E-state index in [0.717, 1.165) is 50.7 Å². The number of hydrogen-bond donors (Lipinski definition) is 1. The minimum Gasteiger partial charge on any atom is -0.481 e. The Hall–Kier alpha value is -1.17. The largest absolute Gasteiger partial charge is 0.481 e. The fourth-order valence-electron chi connectivity index (χ4n) is 11.3. The summed E-state index contributed by atoms with van der Waals surface area (Å²) in [6.45, 7) is 24.3. The molecule has 4 aliphatic carbocycles. The number of carbonyl (C=O) groups is 1.